The third-order valence-corrected chi connectivity index (χ3v) is 5.10. The Morgan fingerprint density at radius 2 is 1.61 bits per heavy atom. The van der Waals surface area contributed by atoms with E-state index in [2.05, 4.69) is 0 Å². The minimum atomic E-state index is -0.426. The number of carbonyl (C=O) groups excluding carboxylic acids is 3. The first kappa shape index (κ1) is 18.0. The van der Waals surface area contributed by atoms with E-state index in [0.29, 0.717) is 24.1 Å². The van der Waals surface area contributed by atoms with Gasteiger partial charge in [0.15, 0.2) is 0 Å². The van der Waals surface area contributed by atoms with E-state index in [0.717, 1.165) is 27.2 Å². The smallest absolute Gasteiger partial charge is 0.262 e. The summed E-state index contributed by atoms with van der Waals surface area (Å²) in [6.07, 6.45) is 0.713. The summed E-state index contributed by atoms with van der Waals surface area (Å²) < 4.78 is 5.88. The highest BCUT2D eigenvalue weighted by atomic mass is 16.3. The topological polar surface area (TPSA) is 70.8 Å². The maximum Gasteiger partial charge on any atom is 0.262 e. The van der Waals surface area contributed by atoms with Gasteiger partial charge in [0.2, 0.25) is 5.91 Å². The van der Waals surface area contributed by atoms with E-state index in [1.165, 1.54) is 4.90 Å². The van der Waals surface area contributed by atoms with Crippen LogP contribution in [0.3, 0.4) is 0 Å². The number of hydrogen-bond donors (Lipinski definition) is 0. The molecule has 0 spiro atoms. The van der Waals surface area contributed by atoms with Gasteiger partial charge in [-0.2, -0.15) is 0 Å². The molecule has 142 valence electrons. The second-order valence-corrected chi connectivity index (χ2v) is 6.85. The molecule has 28 heavy (non-hydrogen) atoms. The van der Waals surface area contributed by atoms with E-state index >= 15 is 0 Å². The second-order valence-electron chi connectivity index (χ2n) is 6.85. The van der Waals surface area contributed by atoms with Gasteiger partial charge in [0.1, 0.15) is 17.9 Å². The largest absolute Gasteiger partial charge is 0.461 e. The van der Waals surface area contributed by atoms with Crippen LogP contribution in [0.15, 0.2) is 52.9 Å². The normalized spacial score (nSPS) is 13.3. The Hall–Kier alpha value is -3.41. The SMILES string of the molecule is CCc1oc2ccccc2c1CN(C)C(=O)CN1C(=O)c2ccccc2C1=O. The number of fused-ring (bicyclic) bond motifs is 2. The molecule has 0 radical (unpaired) electrons. The van der Waals surface area contributed by atoms with Gasteiger partial charge in [-0.3, -0.25) is 19.3 Å². The molecule has 6 heteroatoms. The Kier molecular flexibility index (Phi) is 4.47. The van der Waals surface area contributed by atoms with Gasteiger partial charge >= 0.3 is 0 Å². The molecular formula is C22H20N2O4. The lowest BCUT2D eigenvalue weighted by atomic mass is 10.1. The summed E-state index contributed by atoms with van der Waals surface area (Å²) in [6.45, 7) is 2.07. The molecule has 1 aliphatic heterocycles. The van der Waals surface area contributed by atoms with Gasteiger partial charge in [-0.05, 0) is 18.2 Å². The Balaban J connectivity index is 1.53. The number of nitrogens with zero attached hydrogens (tertiary/aromatic N) is 2. The van der Waals surface area contributed by atoms with E-state index < -0.39 is 11.8 Å². The lowest BCUT2D eigenvalue weighted by Gasteiger charge is -2.21. The van der Waals surface area contributed by atoms with Crippen molar-refractivity contribution in [2.45, 2.75) is 19.9 Å². The minimum Gasteiger partial charge on any atom is -0.461 e. The lowest BCUT2D eigenvalue weighted by molar-refractivity contribution is -0.130. The Morgan fingerprint density at radius 1 is 1.00 bits per heavy atom. The van der Waals surface area contributed by atoms with Crippen molar-refractivity contribution in [3.05, 3.63) is 71.0 Å². The molecule has 1 aliphatic rings. The van der Waals surface area contributed by atoms with Gasteiger partial charge in [0, 0.05) is 31.0 Å². The molecule has 0 atom stereocenters. The van der Waals surface area contributed by atoms with E-state index in [9.17, 15) is 14.4 Å². The zero-order valence-electron chi connectivity index (χ0n) is 15.8. The molecule has 3 aromatic rings. The summed E-state index contributed by atoms with van der Waals surface area (Å²) in [5.74, 6) is -0.320. The quantitative estimate of drug-likeness (QED) is 0.641. The molecule has 0 aliphatic carbocycles. The molecule has 4 rings (SSSR count). The van der Waals surface area contributed by atoms with Crippen LogP contribution in [0.4, 0.5) is 0 Å². The van der Waals surface area contributed by atoms with Crippen molar-refractivity contribution in [2.24, 2.45) is 0 Å². The Bertz CT molecular complexity index is 1060. The maximum absolute atomic E-state index is 12.8. The highest BCUT2D eigenvalue weighted by Crippen LogP contribution is 2.28. The molecule has 3 amide bonds. The molecule has 0 fully saturated rings. The van der Waals surface area contributed by atoms with Crippen molar-refractivity contribution in [2.75, 3.05) is 13.6 Å². The average Bonchev–Trinajstić information content (AvgIpc) is 3.19. The molecule has 0 saturated carbocycles. The molecule has 0 saturated heterocycles. The zero-order chi connectivity index (χ0) is 19.8. The van der Waals surface area contributed by atoms with Gasteiger partial charge in [0.05, 0.1) is 11.1 Å². The fourth-order valence-electron chi connectivity index (χ4n) is 3.57. The molecule has 6 nitrogen and oxygen atoms in total. The maximum atomic E-state index is 12.8. The van der Waals surface area contributed by atoms with Crippen LogP contribution in [0.2, 0.25) is 0 Å². The summed E-state index contributed by atoms with van der Waals surface area (Å²) in [5.41, 5.74) is 2.43. The fourth-order valence-corrected chi connectivity index (χ4v) is 3.57. The predicted octanol–water partition coefficient (Wildman–Crippen LogP) is 3.25. The first-order chi connectivity index (χ1) is 13.5. The predicted molar refractivity (Wildman–Crippen MR) is 104 cm³/mol. The van der Waals surface area contributed by atoms with Crippen LogP contribution in [0, 0.1) is 0 Å². The van der Waals surface area contributed by atoms with Gasteiger partial charge in [0.25, 0.3) is 11.8 Å². The second kappa shape index (κ2) is 6.96. The van der Waals surface area contributed by atoms with Crippen molar-refractivity contribution in [1.82, 2.24) is 9.80 Å². The number of imide groups is 1. The standard InChI is InChI=1S/C22H20N2O4/c1-3-18-17(14-8-6-7-11-19(14)28-18)12-23(2)20(25)13-24-21(26)15-9-4-5-10-16(15)22(24)27/h4-11H,3,12-13H2,1-2H3. The fraction of sp³-hybridized carbons (Fsp3) is 0.227. The third-order valence-electron chi connectivity index (χ3n) is 5.10. The number of benzene rings is 2. The lowest BCUT2D eigenvalue weighted by Crippen LogP contribution is -2.41. The Labute approximate surface area is 162 Å². The number of likely N-dealkylation sites (N-methyl/N-ethyl adjacent to an activating group) is 1. The Morgan fingerprint density at radius 3 is 2.25 bits per heavy atom. The first-order valence-corrected chi connectivity index (χ1v) is 9.19. The van der Waals surface area contributed by atoms with Crippen LogP contribution >= 0.6 is 0 Å². The van der Waals surface area contributed by atoms with Crippen molar-refractivity contribution >= 4 is 28.7 Å². The summed E-state index contributed by atoms with van der Waals surface area (Å²) >= 11 is 0. The van der Waals surface area contributed by atoms with E-state index in [1.54, 1.807) is 31.3 Å². The third kappa shape index (κ3) is 2.87. The molecular weight excluding hydrogens is 356 g/mol. The summed E-state index contributed by atoms with van der Waals surface area (Å²) in [6, 6.07) is 14.3. The summed E-state index contributed by atoms with van der Waals surface area (Å²) in [4.78, 5) is 40.2. The number of carbonyl (C=O) groups is 3. The monoisotopic (exact) mass is 376 g/mol. The van der Waals surface area contributed by atoms with Crippen LogP contribution in [0.25, 0.3) is 11.0 Å². The number of furan rings is 1. The van der Waals surface area contributed by atoms with Gasteiger partial charge in [-0.15, -0.1) is 0 Å². The van der Waals surface area contributed by atoms with Crippen molar-refractivity contribution < 1.29 is 18.8 Å². The summed E-state index contributed by atoms with van der Waals surface area (Å²) in [7, 11) is 1.67. The number of rotatable bonds is 5. The van der Waals surface area contributed by atoms with Crippen molar-refractivity contribution in [3.8, 4) is 0 Å². The molecule has 0 unspecified atom stereocenters. The number of aryl methyl sites for hydroxylation is 1. The molecule has 0 bridgehead atoms. The van der Waals surface area contributed by atoms with Crippen molar-refractivity contribution in [1.29, 1.82) is 0 Å². The van der Waals surface area contributed by atoms with Crippen LogP contribution in [-0.2, 0) is 17.8 Å². The average molecular weight is 376 g/mol. The molecule has 2 aromatic carbocycles. The van der Waals surface area contributed by atoms with Gasteiger partial charge < -0.3 is 9.32 Å². The molecule has 1 aromatic heterocycles. The van der Waals surface area contributed by atoms with Crippen LogP contribution in [0.1, 0.15) is 39.0 Å². The van der Waals surface area contributed by atoms with Gasteiger partial charge in [-0.25, -0.2) is 0 Å². The van der Waals surface area contributed by atoms with Crippen molar-refractivity contribution in [3.63, 3.8) is 0 Å². The summed E-state index contributed by atoms with van der Waals surface area (Å²) in [5, 5.41) is 0.972. The number of amides is 3. The first-order valence-electron chi connectivity index (χ1n) is 9.19. The van der Waals surface area contributed by atoms with Crippen LogP contribution < -0.4 is 0 Å². The minimum absolute atomic E-state index is 0.278. The van der Waals surface area contributed by atoms with Gasteiger partial charge in [-0.1, -0.05) is 37.3 Å². The van der Waals surface area contributed by atoms with E-state index in [1.807, 2.05) is 31.2 Å². The molecule has 2 heterocycles. The molecule has 0 N–H and O–H groups in total. The number of para-hydroxylation sites is 1. The highest BCUT2D eigenvalue weighted by molar-refractivity contribution is 6.22. The van der Waals surface area contributed by atoms with E-state index in [4.69, 9.17) is 4.42 Å². The zero-order valence-corrected chi connectivity index (χ0v) is 15.8. The van der Waals surface area contributed by atoms with Crippen LogP contribution in [-0.4, -0.2) is 41.1 Å². The number of hydrogen-bond acceptors (Lipinski definition) is 4. The van der Waals surface area contributed by atoms with E-state index in [-0.39, 0.29) is 12.5 Å². The van der Waals surface area contributed by atoms with Crippen LogP contribution in [0.5, 0.6) is 0 Å². The highest BCUT2D eigenvalue weighted by Gasteiger charge is 2.36.